The van der Waals surface area contributed by atoms with Crippen LogP contribution in [0.2, 0.25) is 5.02 Å². The Kier molecular flexibility index (Phi) is 4.60. The highest BCUT2D eigenvalue weighted by molar-refractivity contribution is 7.20. The van der Waals surface area contributed by atoms with Gasteiger partial charge in [0.05, 0.1) is 17.3 Å². The number of aromatic nitrogens is 1. The van der Waals surface area contributed by atoms with Crippen molar-refractivity contribution in [2.45, 2.75) is 0 Å². The molecule has 0 bridgehead atoms. The number of rotatable bonds is 4. The third kappa shape index (κ3) is 3.88. The quantitative estimate of drug-likeness (QED) is 0.497. The van der Waals surface area contributed by atoms with E-state index in [0.29, 0.717) is 16.0 Å². The van der Waals surface area contributed by atoms with Gasteiger partial charge in [0.2, 0.25) is 0 Å². The van der Waals surface area contributed by atoms with Gasteiger partial charge in [0.25, 0.3) is 5.19 Å². The van der Waals surface area contributed by atoms with Crippen LogP contribution in [0.15, 0.2) is 48.5 Å². The van der Waals surface area contributed by atoms with E-state index in [4.69, 9.17) is 16.3 Å². The summed E-state index contributed by atoms with van der Waals surface area (Å²) in [6.45, 7) is 0. The molecular formula is C17H12ClNO3S. The van der Waals surface area contributed by atoms with Gasteiger partial charge >= 0.3 is 5.97 Å². The van der Waals surface area contributed by atoms with Crippen LogP contribution in [-0.2, 0) is 9.53 Å². The van der Waals surface area contributed by atoms with Gasteiger partial charge in [-0.3, -0.25) is 0 Å². The first-order valence-electron chi connectivity index (χ1n) is 6.74. The minimum absolute atomic E-state index is 0.390. The number of thiazole rings is 1. The molecule has 3 rings (SSSR count). The number of fused-ring (bicyclic) bond motifs is 1. The lowest BCUT2D eigenvalue weighted by Gasteiger charge is -2.01. The number of carbonyl (C=O) groups excluding carboxylic acids is 1. The molecule has 4 nitrogen and oxygen atoms in total. The summed E-state index contributed by atoms with van der Waals surface area (Å²) in [5, 5.41) is 1.23. The average molecular weight is 346 g/mol. The third-order valence-corrected chi connectivity index (χ3v) is 4.16. The maximum absolute atomic E-state index is 11.1. The first-order valence-corrected chi connectivity index (χ1v) is 7.93. The molecule has 1 heterocycles. The normalized spacial score (nSPS) is 11.0. The molecule has 23 heavy (non-hydrogen) atoms. The molecule has 0 aliphatic heterocycles. The van der Waals surface area contributed by atoms with E-state index in [1.165, 1.54) is 24.5 Å². The summed E-state index contributed by atoms with van der Waals surface area (Å²) in [5.41, 5.74) is 1.73. The molecule has 2 aromatic carbocycles. The summed E-state index contributed by atoms with van der Waals surface area (Å²) in [5.74, 6) is 0.281. The number of hydrogen-bond acceptors (Lipinski definition) is 5. The Morgan fingerprint density at radius 3 is 2.74 bits per heavy atom. The van der Waals surface area contributed by atoms with Crippen LogP contribution in [0.4, 0.5) is 0 Å². The summed E-state index contributed by atoms with van der Waals surface area (Å²) >= 11 is 7.40. The molecular weight excluding hydrogens is 334 g/mol. The van der Waals surface area contributed by atoms with Gasteiger partial charge in [-0.15, -0.1) is 0 Å². The van der Waals surface area contributed by atoms with Crippen molar-refractivity contribution in [2.75, 3.05) is 7.11 Å². The van der Waals surface area contributed by atoms with Crippen molar-refractivity contribution in [1.82, 2.24) is 4.98 Å². The average Bonchev–Trinajstić information content (AvgIpc) is 2.95. The molecule has 116 valence electrons. The molecule has 0 amide bonds. The van der Waals surface area contributed by atoms with Gasteiger partial charge in [-0.1, -0.05) is 35.1 Å². The minimum atomic E-state index is -0.390. The van der Waals surface area contributed by atoms with Crippen molar-refractivity contribution in [3.05, 3.63) is 59.1 Å². The number of ether oxygens (including phenoxy) is 2. The smallest absolute Gasteiger partial charge is 0.330 e. The molecule has 0 aliphatic rings. The van der Waals surface area contributed by atoms with Gasteiger partial charge in [-0.25, -0.2) is 9.78 Å². The highest BCUT2D eigenvalue weighted by atomic mass is 35.5. The Morgan fingerprint density at radius 1 is 1.22 bits per heavy atom. The van der Waals surface area contributed by atoms with Crippen LogP contribution in [0.25, 0.3) is 16.3 Å². The lowest BCUT2D eigenvalue weighted by Crippen LogP contribution is -1.93. The number of halogens is 1. The molecule has 1 aromatic heterocycles. The fourth-order valence-corrected chi connectivity index (χ4v) is 3.01. The largest absolute Gasteiger partial charge is 0.466 e. The standard InChI is InChI=1S/C17H12ClNO3S/c1-21-16(20)9-4-11-2-6-13(7-3-11)22-17-19-14-8-5-12(18)10-15(14)23-17/h2-10H,1H3/b9-4+. The van der Waals surface area contributed by atoms with E-state index in [1.807, 2.05) is 36.4 Å². The van der Waals surface area contributed by atoms with Crippen LogP contribution in [0.3, 0.4) is 0 Å². The van der Waals surface area contributed by atoms with Gasteiger partial charge in [0.15, 0.2) is 0 Å². The summed E-state index contributed by atoms with van der Waals surface area (Å²) in [4.78, 5) is 15.5. The van der Waals surface area contributed by atoms with Crippen molar-refractivity contribution < 1.29 is 14.3 Å². The van der Waals surface area contributed by atoms with Crippen LogP contribution in [0.5, 0.6) is 10.9 Å². The molecule has 0 aliphatic carbocycles. The summed E-state index contributed by atoms with van der Waals surface area (Å²) < 4.78 is 11.3. The Morgan fingerprint density at radius 2 is 2.00 bits per heavy atom. The highest BCUT2D eigenvalue weighted by Crippen LogP contribution is 2.32. The molecule has 0 saturated heterocycles. The zero-order valence-corrected chi connectivity index (χ0v) is 13.7. The second-order valence-electron chi connectivity index (χ2n) is 4.62. The number of nitrogens with zero attached hydrogens (tertiary/aromatic N) is 1. The number of methoxy groups -OCH3 is 1. The zero-order valence-electron chi connectivity index (χ0n) is 12.2. The fraction of sp³-hybridized carbons (Fsp3) is 0.0588. The Hall–Kier alpha value is -2.37. The summed E-state index contributed by atoms with van der Waals surface area (Å²) in [7, 11) is 1.34. The summed E-state index contributed by atoms with van der Waals surface area (Å²) in [6, 6.07) is 12.9. The Bertz CT molecular complexity index is 871. The number of esters is 1. The van der Waals surface area contributed by atoms with Crippen molar-refractivity contribution in [3.8, 4) is 10.9 Å². The molecule has 3 aromatic rings. The van der Waals surface area contributed by atoms with Crippen molar-refractivity contribution in [3.63, 3.8) is 0 Å². The van der Waals surface area contributed by atoms with E-state index in [0.717, 1.165) is 15.8 Å². The van der Waals surface area contributed by atoms with Crippen LogP contribution >= 0.6 is 22.9 Å². The highest BCUT2D eigenvalue weighted by Gasteiger charge is 2.06. The number of hydrogen-bond donors (Lipinski definition) is 0. The molecule has 0 unspecified atom stereocenters. The predicted octanol–water partition coefficient (Wildman–Crippen LogP) is 4.93. The maximum Gasteiger partial charge on any atom is 0.330 e. The van der Waals surface area contributed by atoms with Crippen LogP contribution in [0.1, 0.15) is 5.56 Å². The van der Waals surface area contributed by atoms with Crippen LogP contribution in [0, 0.1) is 0 Å². The van der Waals surface area contributed by atoms with E-state index < -0.39 is 5.97 Å². The van der Waals surface area contributed by atoms with Gasteiger partial charge in [0, 0.05) is 11.1 Å². The molecule has 6 heteroatoms. The molecule has 0 fully saturated rings. The van der Waals surface area contributed by atoms with Gasteiger partial charge in [-0.2, -0.15) is 0 Å². The van der Waals surface area contributed by atoms with Crippen molar-refractivity contribution in [2.24, 2.45) is 0 Å². The monoisotopic (exact) mass is 345 g/mol. The molecule has 0 radical (unpaired) electrons. The second kappa shape index (κ2) is 6.81. The topological polar surface area (TPSA) is 48.4 Å². The molecule has 0 atom stereocenters. The number of carbonyl (C=O) groups is 1. The molecule has 0 saturated carbocycles. The van der Waals surface area contributed by atoms with E-state index in [9.17, 15) is 4.79 Å². The van der Waals surface area contributed by atoms with Gasteiger partial charge in [-0.05, 0) is 42.0 Å². The second-order valence-corrected chi connectivity index (χ2v) is 6.05. The lowest BCUT2D eigenvalue weighted by molar-refractivity contribution is -0.134. The predicted molar refractivity (Wildman–Crippen MR) is 92.2 cm³/mol. The zero-order chi connectivity index (χ0) is 16.2. The van der Waals surface area contributed by atoms with E-state index in [-0.39, 0.29) is 0 Å². The third-order valence-electron chi connectivity index (χ3n) is 3.03. The lowest BCUT2D eigenvalue weighted by atomic mass is 10.2. The van der Waals surface area contributed by atoms with E-state index >= 15 is 0 Å². The van der Waals surface area contributed by atoms with E-state index in [2.05, 4.69) is 9.72 Å². The summed E-state index contributed by atoms with van der Waals surface area (Å²) in [6.07, 6.45) is 3.04. The van der Waals surface area contributed by atoms with Crippen LogP contribution in [-0.4, -0.2) is 18.1 Å². The molecule has 0 N–H and O–H groups in total. The van der Waals surface area contributed by atoms with Crippen molar-refractivity contribution in [1.29, 1.82) is 0 Å². The van der Waals surface area contributed by atoms with Crippen molar-refractivity contribution >= 4 is 45.2 Å². The first-order chi connectivity index (χ1) is 11.1. The van der Waals surface area contributed by atoms with Gasteiger partial charge in [0.1, 0.15) is 5.75 Å². The van der Waals surface area contributed by atoms with Crippen LogP contribution < -0.4 is 4.74 Å². The van der Waals surface area contributed by atoms with E-state index in [1.54, 1.807) is 12.1 Å². The maximum atomic E-state index is 11.1. The number of benzene rings is 2. The molecule has 0 spiro atoms. The fourth-order valence-electron chi connectivity index (χ4n) is 1.90. The minimum Gasteiger partial charge on any atom is -0.466 e. The van der Waals surface area contributed by atoms with Gasteiger partial charge < -0.3 is 9.47 Å². The first kappa shape index (κ1) is 15.5. The SMILES string of the molecule is COC(=O)/C=C/c1ccc(Oc2nc3ccc(Cl)cc3s2)cc1. The Labute approximate surface area is 141 Å². The Balaban J connectivity index is 1.74.